The fraction of sp³-hybridized carbons (Fsp3) is 0.211. The van der Waals surface area contributed by atoms with Gasteiger partial charge in [0.05, 0.1) is 0 Å². The third kappa shape index (κ3) is 3.41. The van der Waals surface area contributed by atoms with Crippen molar-refractivity contribution in [1.29, 1.82) is 0 Å². The van der Waals surface area contributed by atoms with Crippen molar-refractivity contribution in [3.63, 3.8) is 0 Å². The number of carbonyl (C=O) groups excluding carboxylic acids is 2. The molecule has 0 radical (unpaired) electrons. The van der Waals surface area contributed by atoms with E-state index in [1.165, 1.54) is 23.8 Å². The number of anilines is 1. The summed E-state index contributed by atoms with van der Waals surface area (Å²) in [7, 11) is 0. The van der Waals surface area contributed by atoms with Gasteiger partial charge >= 0.3 is 0 Å². The normalized spacial score (nSPS) is 16.6. The van der Waals surface area contributed by atoms with Crippen LogP contribution in [-0.4, -0.2) is 16.4 Å². The van der Waals surface area contributed by atoms with E-state index in [1.807, 2.05) is 6.07 Å². The van der Waals surface area contributed by atoms with E-state index in [0.717, 1.165) is 12.0 Å². The first kappa shape index (κ1) is 17.9. The summed E-state index contributed by atoms with van der Waals surface area (Å²) < 4.78 is 1.18. The predicted octanol–water partition coefficient (Wildman–Crippen LogP) is 2.84. The molecule has 1 aromatic heterocycles. The second-order valence-corrected chi connectivity index (χ2v) is 6.58. The molecule has 2 aromatic rings. The van der Waals surface area contributed by atoms with Crippen molar-refractivity contribution >= 4 is 29.1 Å². The number of aromatic nitrogens is 1. The van der Waals surface area contributed by atoms with E-state index in [-0.39, 0.29) is 11.6 Å². The van der Waals surface area contributed by atoms with Crippen LogP contribution in [0.15, 0.2) is 53.5 Å². The Hall–Kier alpha value is -2.86. The Morgan fingerprint density at radius 1 is 1.35 bits per heavy atom. The van der Waals surface area contributed by atoms with Gasteiger partial charge in [0, 0.05) is 22.7 Å². The van der Waals surface area contributed by atoms with Gasteiger partial charge in [-0.15, -0.1) is 0 Å². The largest absolute Gasteiger partial charge is 0.368 e. The topological polar surface area (TPSA) is 94.2 Å². The molecular formula is C19H18ClN3O3. The van der Waals surface area contributed by atoms with Crippen LogP contribution in [0, 0.1) is 0 Å². The molecule has 1 aliphatic carbocycles. The second kappa shape index (κ2) is 7.17. The Kier molecular flexibility index (Phi) is 4.95. The number of carbonyl (C=O) groups is 2. The number of hydrogen-bond donors (Lipinski definition) is 2. The molecule has 6 nitrogen and oxygen atoms in total. The molecule has 2 unspecified atom stereocenters. The highest BCUT2D eigenvalue weighted by Crippen LogP contribution is 2.34. The van der Waals surface area contributed by atoms with Crippen LogP contribution in [0.3, 0.4) is 0 Å². The van der Waals surface area contributed by atoms with Crippen molar-refractivity contribution in [2.45, 2.75) is 25.3 Å². The van der Waals surface area contributed by atoms with Crippen LogP contribution >= 0.6 is 11.6 Å². The van der Waals surface area contributed by atoms with Gasteiger partial charge in [0.1, 0.15) is 11.7 Å². The SMILES string of the molecule is CC(C(N)=O)n1cccc(NC(=O)c2ccc(C3C=CC3)c(Cl)c2)c1=O. The molecule has 26 heavy (non-hydrogen) atoms. The smallest absolute Gasteiger partial charge is 0.275 e. The molecule has 3 rings (SSSR count). The zero-order chi connectivity index (χ0) is 18.8. The summed E-state index contributed by atoms with van der Waals surface area (Å²) in [5, 5.41) is 3.08. The molecule has 2 amide bonds. The number of nitrogens with two attached hydrogens (primary N) is 1. The maximum absolute atomic E-state index is 12.5. The molecular weight excluding hydrogens is 354 g/mol. The summed E-state index contributed by atoms with van der Waals surface area (Å²) in [5.74, 6) is -0.802. The number of nitrogens with zero attached hydrogens (tertiary/aromatic N) is 1. The Bertz CT molecular complexity index is 965. The lowest BCUT2D eigenvalue weighted by Gasteiger charge is -2.19. The second-order valence-electron chi connectivity index (χ2n) is 6.17. The standard InChI is InChI=1S/C19H18ClN3O3/c1-11(17(21)24)23-9-3-6-16(19(23)26)22-18(25)13-7-8-14(15(20)10-13)12-4-2-5-12/h2-4,6-12H,5H2,1H3,(H2,21,24)(H,22,25). The molecule has 1 heterocycles. The van der Waals surface area contributed by atoms with Gasteiger partial charge in [-0.2, -0.15) is 0 Å². The molecule has 0 fully saturated rings. The van der Waals surface area contributed by atoms with Crippen molar-refractivity contribution in [3.05, 3.63) is 75.2 Å². The molecule has 134 valence electrons. The molecule has 0 spiro atoms. The van der Waals surface area contributed by atoms with Crippen molar-refractivity contribution < 1.29 is 9.59 Å². The number of rotatable bonds is 5. The lowest BCUT2D eigenvalue weighted by Crippen LogP contribution is -2.33. The third-order valence-electron chi connectivity index (χ3n) is 4.47. The van der Waals surface area contributed by atoms with Gasteiger partial charge in [-0.3, -0.25) is 14.4 Å². The molecule has 1 aliphatic rings. The number of halogens is 1. The molecule has 0 bridgehead atoms. The number of allylic oxidation sites excluding steroid dienone is 2. The zero-order valence-electron chi connectivity index (χ0n) is 14.1. The minimum atomic E-state index is -0.816. The van der Waals surface area contributed by atoms with Gasteiger partial charge in [-0.25, -0.2) is 0 Å². The Morgan fingerprint density at radius 2 is 2.08 bits per heavy atom. The number of amides is 2. The first-order valence-corrected chi connectivity index (χ1v) is 8.54. The molecule has 0 aliphatic heterocycles. The molecule has 2 atom stereocenters. The number of nitrogens with one attached hydrogen (secondary N) is 1. The molecule has 7 heteroatoms. The van der Waals surface area contributed by atoms with Crippen molar-refractivity contribution in [2.24, 2.45) is 5.73 Å². The Balaban J connectivity index is 1.83. The third-order valence-corrected chi connectivity index (χ3v) is 4.80. The van der Waals surface area contributed by atoms with Gasteiger partial charge in [0.2, 0.25) is 5.91 Å². The van der Waals surface area contributed by atoms with E-state index in [9.17, 15) is 14.4 Å². The van der Waals surface area contributed by atoms with Gasteiger partial charge < -0.3 is 15.6 Å². The quantitative estimate of drug-likeness (QED) is 0.791. The van der Waals surface area contributed by atoms with Crippen LogP contribution in [0.2, 0.25) is 5.02 Å². The van der Waals surface area contributed by atoms with E-state index >= 15 is 0 Å². The summed E-state index contributed by atoms with van der Waals surface area (Å²) in [5.41, 5.74) is 6.12. The van der Waals surface area contributed by atoms with Gasteiger partial charge in [0.15, 0.2) is 0 Å². The van der Waals surface area contributed by atoms with Crippen LogP contribution in [0.4, 0.5) is 5.69 Å². The summed E-state index contributed by atoms with van der Waals surface area (Å²) in [6.07, 6.45) is 6.51. The Morgan fingerprint density at radius 3 is 2.65 bits per heavy atom. The van der Waals surface area contributed by atoms with Crippen LogP contribution in [0.5, 0.6) is 0 Å². The average Bonchev–Trinajstić information content (AvgIpc) is 2.56. The summed E-state index contributed by atoms with van der Waals surface area (Å²) in [6, 6.07) is 7.31. The van der Waals surface area contributed by atoms with Crippen molar-refractivity contribution in [2.75, 3.05) is 5.32 Å². The Labute approximate surface area is 155 Å². The molecule has 3 N–H and O–H groups in total. The van der Waals surface area contributed by atoms with Crippen LogP contribution in [0.1, 0.15) is 41.2 Å². The summed E-state index contributed by atoms with van der Waals surface area (Å²) in [6.45, 7) is 1.52. The zero-order valence-corrected chi connectivity index (χ0v) is 14.9. The van der Waals surface area contributed by atoms with Crippen LogP contribution in [0.25, 0.3) is 0 Å². The maximum atomic E-state index is 12.5. The predicted molar refractivity (Wildman–Crippen MR) is 101 cm³/mol. The number of hydrogen-bond acceptors (Lipinski definition) is 3. The summed E-state index contributed by atoms with van der Waals surface area (Å²) in [4.78, 5) is 36.2. The van der Waals surface area contributed by atoms with Crippen LogP contribution in [-0.2, 0) is 4.79 Å². The van der Waals surface area contributed by atoms with E-state index in [0.29, 0.717) is 10.6 Å². The maximum Gasteiger partial charge on any atom is 0.275 e. The van der Waals surface area contributed by atoms with E-state index < -0.39 is 23.4 Å². The van der Waals surface area contributed by atoms with Gasteiger partial charge in [-0.1, -0.05) is 29.8 Å². The molecule has 0 saturated carbocycles. The van der Waals surface area contributed by atoms with Crippen molar-refractivity contribution in [1.82, 2.24) is 4.57 Å². The lowest BCUT2D eigenvalue weighted by atomic mass is 9.87. The van der Waals surface area contributed by atoms with E-state index in [4.69, 9.17) is 17.3 Å². The van der Waals surface area contributed by atoms with E-state index in [2.05, 4.69) is 17.5 Å². The van der Waals surface area contributed by atoms with Crippen molar-refractivity contribution in [3.8, 4) is 0 Å². The molecule has 0 saturated heterocycles. The fourth-order valence-corrected chi connectivity index (χ4v) is 3.03. The minimum Gasteiger partial charge on any atom is -0.368 e. The van der Waals surface area contributed by atoms with Gasteiger partial charge in [0.25, 0.3) is 11.5 Å². The highest BCUT2D eigenvalue weighted by molar-refractivity contribution is 6.32. The fourth-order valence-electron chi connectivity index (χ4n) is 2.71. The number of benzene rings is 1. The first-order valence-electron chi connectivity index (χ1n) is 8.16. The highest BCUT2D eigenvalue weighted by Gasteiger charge is 2.19. The van der Waals surface area contributed by atoms with Crippen LogP contribution < -0.4 is 16.6 Å². The number of pyridine rings is 1. The highest BCUT2D eigenvalue weighted by atomic mass is 35.5. The minimum absolute atomic E-state index is 0.0627. The average molecular weight is 372 g/mol. The molecule has 1 aromatic carbocycles. The van der Waals surface area contributed by atoms with E-state index in [1.54, 1.807) is 18.2 Å². The monoisotopic (exact) mass is 371 g/mol. The number of primary amides is 1. The lowest BCUT2D eigenvalue weighted by molar-refractivity contribution is -0.120. The summed E-state index contributed by atoms with van der Waals surface area (Å²) >= 11 is 6.29. The van der Waals surface area contributed by atoms with Gasteiger partial charge in [-0.05, 0) is 43.2 Å². The first-order chi connectivity index (χ1) is 12.4.